The fourth-order valence-corrected chi connectivity index (χ4v) is 3.36. The van der Waals surface area contributed by atoms with Gasteiger partial charge in [0.2, 0.25) is 0 Å². The first kappa shape index (κ1) is 22.6. The average Bonchev–Trinajstić information content (AvgIpc) is 3.03. The Hall–Kier alpha value is -4.13. The number of esters is 2. The summed E-state index contributed by atoms with van der Waals surface area (Å²) < 4.78 is 9.74. The number of para-hydroxylation sites is 1. The van der Waals surface area contributed by atoms with Gasteiger partial charge >= 0.3 is 11.9 Å². The smallest absolute Gasteiger partial charge is 0.355 e. The first-order valence-corrected chi connectivity index (χ1v) is 9.90. The molecule has 7 nitrogen and oxygen atoms in total. The van der Waals surface area contributed by atoms with E-state index >= 15 is 0 Å². The lowest BCUT2D eigenvalue weighted by Crippen LogP contribution is -2.27. The first-order valence-electron chi connectivity index (χ1n) is 9.90. The van der Waals surface area contributed by atoms with Crippen molar-refractivity contribution in [1.29, 1.82) is 0 Å². The summed E-state index contributed by atoms with van der Waals surface area (Å²) in [5.41, 5.74) is 3.57. The number of rotatable bonds is 5. The largest absolute Gasteiger partial charge is 0.465 e. The molecule has 0 saturated carbocycles. The maximum absolute atomic E-state index is 13.0. The number of methoxy groups -OCH3 is 2. The molecule has 164 valence electrons. The Labute approximate surface area is 186 Å². The molecule has 7 heteroatoms. The second-order valence-electron chi connectivity index (χ2n) is 7.09. The predicted octanol–water partition coefficient (Wildman–Crippen LogP) is 4.05. The topological polar surface area (TPSA) is 84.9 Å². The highest BCUT2D eigenvalue weighted by atomic mass is 16.5. The van der Waals surface area contributed by atoms with E-state index in [2.05, 4.69) is 5.32 Å². The lowest BCUT2D eigenvalue weighted by Gasteiger charge is -2.23. The fraction of sp³-hybridized carbons (Fsp3) is 0.160. The maximum Gasteiger partial charge on any atom is 0.355 e. The van der Waals surface area contributed by atoms with E-state index in [9.17, 15) is 14.4 Å². The van der Waals surface area contributed by atoms with Crippen LogP contribution in [0.5, 0.6) is 0 Å². The third-order valence-corrected chi connectivity index (χ3v) is 5.00. The van der Waals surface area contributed by atoms with Crippen molar-refractivity contribution in [2.24, 2.45) is 0 Å². The van der Waals surface area contributed by atoms with Crippen molar-refractivity contribution in [1.82, 2.24) is 0 Å². The van der Waals surface area contributed by atoms with Gasteiger partial charge < -0.3 is 19.7 Å². The second kappa shape index (κ2) is 9.78. The van der Waals surface area contributed by atoms with E-state index in [1.165, 1.54) is 25.2 Å². The molecule has 32 heavy (non-hydrogen) atoms. The van der Waals surface area contributed by atoms with E-state index in [4.69, 9.17) is 9.47 Å². The van der Waals surface area contributed by atoms with Crippen molar-refractivity contribution in [3.63, 3.8) is 0 Å². The van der Waals surface area contributed by atoms with E-state index in [-0.39, 0.29) is 17.2 Å². The van der Waals surface area contributed by atoms with Gasteiger partial charge in [0.05, 0.1) is 19.8 Å². The first-order chi connectivity index (χ1) is 15.4. The van der Waals surface area contributed by atoms with Crippen molar-refractivity contribution in [3.05, 3.63) is 94.9 Å². The number of nitrogens with one attached hydrogen (secondary N) is 1. The van der Waals surface area contributed by atoms with Gasteiger partial charge in [0.1, 0.15) is 5.70 Å². The molecule has 1 aliphatic rings. The van der Waals surface area contributed by atoms with Gasteiger partial charge in [-0.25, -0.2) is 9.59 Å². The molecule has 0 radical (unpaired) electrons. The molecule has 0 unspecified atom stereocenters. The Morgan fingerprint density at radius 1 is 0.875 bits per heavy atom. The molecular weight excluding hydrogens is 408 g/mol. The third kappa shape index (κ3) is 4.62. The van der Waals surface area contributed by atoms with Gasteiger partial charge in [0.15, 0.2) is 0 Å². The quantitative estimate of drug-likeness (QED) is 0.718. The van der Waals surface area contributed by atoms with Gasteiger partial charge in [-0.3, -0.25) is 4.79 Å². The van der Waals surface area contributed by atoms with E-state index in [0.29, 0.717) is 11.3 Å². The lowest BCUT2D eigenvalue weighted by molar-refractivity contribution is -0.139. The second-order valence-corrected chi connectivity index (χ2v) is 7.09. The Morgan fingerprint density at radius 3 is 2.19 bits per heavy atom. The Balaban J connectivity index is 2.02. The molecule has 0 aromatic heterocycles. The Kier molecular flexibility index (Phi) is 6.90. The monoisotopic (exact) mass is 432 g/mol. The summed E-state index contributed by atoms with van der Waals surface area (Å²) in [6.07, 6.45) is 6.38. The molecule has 0 saturated heterocycles. The number of amides is 1. The van der Waals surface area contributed by atoms with Gasteiger partial charge in [-0.05, 0) is 55.3 Å². The number of nitrogens with zero attached hydrogens (tertiary/aromatic N) is 1. The summed E-state index contributed by atoms with van der Waals surface area (Å²) in [4.78, 5) is 39.4. The third-order valence-electron chi connectivity index (χ3n) is 5.00. The zero-order valence-corrected chi connectivity index (χ0v) is 18.3. The van der Waals surface area contributed by atoms with Crippen LogP contribution in [0.1, 0.15) is 21.5 Å². The lowest BCUT2D eigenvalue weighted by atomic mass is 10.1. The predicted molar refractivity (Wildman–Crippen MR) is 122 cm³/mol. The number of aryl methyl sites for hydroxylation is 2. The molecule has 0 spiro atoms. The number of hydrogen-bond donors (Lipinski definition) is 1. The number of allylic oxidation sites excluding steroid dienone is 2. The highest BCUT2D eigenvalue weighted by molar-refractivity contribution is 6.07. The van der Waals surface area contributed by atoms with Gasteiger partial charge in [0, 0.05) is 23.1 Å². The van der Waals surface area contributed by atoms with Gasteiger partial charge in [0.25, 0.3) is 5.91 Å². The molecule has 0 fully saturated rings. The molecule has 0 bridgehead atoms. The van der Waals surface area contributed by atoms with Crippen molar-refractivity contribution < 1.29 is 23.9 Å². The molecule has 3 rings (SSSR count). The standard InChI is InChI=1S/C25H24N2O5/c1-16-9-7-10-17(2)21(16)26-23(28)18-11-8-12-19(15-18)27-14-6-5-13-20(24(29)31-3)22(27)25(30)32-4/h5-15H,1-4H3,(H,26,28). The van der Waals surface area contributed by atoms with Crippen LogP contribution >= 0.6 is 0 Å². The molecule has 0 atom stereocenters. The van der Waals surface area contributed by atoms with Crippen LogP contribution in [0.25, 0.3) is 0 Å². The number of benzene rings is 2. The Morgan fingerprint density at radius 2 is 1.53 bits per heavy atom. The normalized spacial score (nSPS) is 12.9. The summed E-state index contributed by atoms with van der Waals surface area (Å²) in [6.45, 7) is 3.85. The SMILES string of the molecule is COC(=O)C1=C(C(=O)OC)N(c2cccc(C(=O)Nc3c(C)cccc3C)c2)C=CC=C1. The van der Waals surface area contributed by atoms with Crippen LogP contribution in [-0.2, 0) is 19.1 Å². The van der Waals surface area contributed by atoms with Crippen LogP contribution < -0.4 is 10.2 Å². The van der Waals surface area contributed by atoms with Crippen LogP contribution in [0.4, 0.5) is 11.4 Å². The fourth-order valence-electron chi connectivity index (χ4n) is 3.36. The minimum absolute atomic E-state index is 0.0170. The molecular formula is C25H24N2O5. The van der Waals surface area contributed by atoms with Gasteiger partial charge in [-0.2, -0.15) is 0 Å². The summed E-state index contributed by atoms with van der Waals surface area (Å²) in [6, 6.07) is 12.5. The van der Waals surface area contributed by atoms with E-state index < -0.39 is 11.9 Å². The summed E-state index contributed by atoms with van der Waals surface area (Å²) in [5, 5.41) is 2.95. The van der Waals surface area contributed by atoms with Crippen LogP contribution in [0.2, 0.25) is 0 Å². The molecule has 2 aromatic rings. The number of hydrogen-bond acceptors (Lipinski definition) is 6. The Bertz CT molecular complexity index is 1140. The number of carbonyl (C=O) groups excluding carboxylic acids is 3. The summed E-state index contributed by atoms with van der Waals surface area (Å²) in [7, 11) is 2.47. The van der Waals surface area contributed by atoms with Crippen LogP contribution in [0.3, 0.4) is 0 Å². The summed E-state index contributed by atoms with van der Waals surface area (Å²) in [5.74, 6) is -1.69. The van der Waals surface area contributed by atoms with Crippen LogP contribution in [0.15, 0.2) is 78.2 Å². The highest BCUT2D eigenvalue weighted by Gasteiger charge is 2.27. The van der Waals surface area contributed by atoms with Crippen molar-refractivity contribution in [3.8, 4) is 0 Å². The van der Waals surface area contributed by atoms with Crippen LogP contribution in [0, 0.1) is 13.8 Å². The maximum atomic E-state index is 13.0. The zero-order valence-electron chi connectivity index (χ0n) is 18.3. The molecule has 1 heterocycles. The van der Waals surface area contributed by atoms with Gasteiger partial charge in [-0.1, -0.05) is 30.3 Å². The average molecular weight is 432 g/mol. The van der Waals surface area contributed by atoms with Gasteiger partial charge in [-0.15, -0.1) is 0 Å². The molecule has 1 aliphatic heterocycles. The van der Waals surface area contributed by atoms with E-state index in [1.807, 2.05) is 32.0 Å². The minimum atomic E-state index is -0.716. The van der Waals surface area contributed by atoms with Crippen molar-refractivity contribution in [2.45, 2.75) is 13.8 Å². The molecule has 1 amide bonds. The van der Waals surface area contributed by atoms with Crippen LogP contribution in [-0.4, -0.2) is 32.1 Å². The molecule has 2 aromatic carbocycles. The van der Waals surface area contributed by atoms with Crippen molar-refractivity contribution in [2.75, 3.05) is 24.4 Å². The highest BCUT2D eigenvalue weighted by Crippen LogP contribution is 2.28. The number of anilines is 2. The molecule has 0 aliphatic carbocycles. The number of carbonyl (C=O) groups is 3. The minimum Gasteiger partial charge on any atom is -0.465 e. The molecule has 1 N–H and O–H groups in total. The van der Waals surface area contributed by atoms with E-state index in [1.54, 1.807) is 42.6 Å². The van der Waals surface area contributed by atoms with Crippen molar-refractivity contribution >= 4 is 29.2 Å². The number of ether oxygens (including phenoxy) is 2. The van der Waals surface area contributed by atoms with E-state index in [0.717, 1.165) is 16.8 Å². The zero-order chi connectivity index (χ0) is 23.3. The summed E-state index contributed by atoms with van der Waals surface area (Å²) >= 11 is 0.